The van der Waals surface area contributed by atoms with Crippen molar-refractivity contribution in [2.45, 2.75) is 0 Å². The number of hydrogen-bond donors (Lipinski definition) is 3. The maximum Gasteiger partial charge on any atom is 0.150 e. The normalized spacial score (nSPS) is 9.78. The van der Waals surface area contributed by atoms with Crippen LogP contribution in [0, 0.1) is 5.41 Å². The molecule has 0 heterocycles. The summed E-state index contributed by atoms with van der Waals surface area (Å²) in [7, 11) is 3.98. The molecule has 0 rings (SSSR count). The summed E-state index contributed by atoms with van der Waals surface area (Å²) in [6, 6.07) is 0. The van der Waals surface area contributed by atoms with E-state index >= 15 is 0 Å². The lowest BCUT2D eigenvalue weighted by Gasteiger charge is -2.08. The highest BCUT2D eigenvalue weighted by atomic mass is 32.1. The highest BCUT2D eigenvalue weighted by Gasteiger charge is 1.88. The van der Waals surface area contributed by atoms with Gasteiger partial charge in [-0.3, -0.25) is 5.41 Å². The predicted molar refractivity (Wildman–Crippen MR) is 43.3 cm³/mol. The van der Waals surface area contributed by atoms with Crippen LogP contribution in [0.5, 0.6) is 0 Å². The molecule has 9 heavy (non-hydrogen) atoms. The Balaban J connectivity index is 3.01. The molecule has 3 nitrogen and oxygen atoms in total. The second-order valence-corrected chi connectivity index (χ2v) is 2.53. The number of nitrogens with one attached hydrogen (secondary N) is 2. The molecule has 0 saturated heterocycles. The molecule has 0 aromatic heterocycles. The summed E-state index contributed by atoms with van der Waals surface area (Å²) in [4.78, 5) is 2.05. The zero-order valence-electron chi connectivity index (χ0n) is 5.81. The van der Waals surface area contributed by atoms with Gasteiger partial charge in [0.05, 0.1) is 0 Å². The van der Waals surface area contributed by atoms with E-state index in [0.717, 1.165) is 13.1 Å². The number of amidine groups is 1. The first-order chi connectivity index (χ1) is 4.13. The molecule has 4 heteroatoms. The van der Waals surface area contributed by atoms with Crippen molar-refractivity contribution in [2.24, 2.45) is 0 Å². The fourth-order valence-electron chi connectivity index (χ4n) is 0.398. The third-order valence-electron chi connectivity index (χ3n) is 0.851. The molecule has 0 saturated carbocycles. The molecule has 0 unspecified atom stereocenters. The Morgan fingerprint density at radius 1 is 1.67 bits per heavy atom. The van der Waals surface area contributed by atoms with Gasteiger partial charge in [-0.05, 0) is 14.1 Å². The Morgan fingerprint density at radius 3 is 2.56 bits per heavy atom. The molecule has 0 atom stereocenters. The summed E-state index contributed by atoms with van der Waals surface area (Å²) < 4.78 is 0. The lowest BCUT2D eigenvalue weighted by Crippen LogP contribution is -2.28. The van der Waals surface area contributed by atoms with Crippen LogP contribution in [0.15, 0.2) is 0 Å². The fraction of sp³-hybridized carbons (Fsp3) is 0.800. The SMILES string of the molecule is CN(C)CCNC(=N)S. The van der Waals surface area contributed by atoms with Gasteiger partial charge in [-0.1, -0.05) is 0 Å². The van der Waals surface area contributed by atoms with Gasteiger partial charge >= 0.3 is 0 Å². The summed E-state index contributed by atoms with van der Waals surface area (Å²) >= 11 is 3.75. The van der Waals surface area contributed by atoms with Crippen LogP contribution in [0.2, 0.25) is 0 Å². The van der Waals surface area contributed by atoms with E-state index in [1.165, 1.54) is 0 Å². The minimum absolute atomic E-state index is 0.233. The van der Waals surface area contributed by atoms with Crippen molar-refractivity contribution in [3.8, 4) is 0 Å². The summed E-state index contributed by atoms with van der Waals surface area (Å²) in [5.74, 6) is 0. The molecule has 0 spiro atoms. The lowest BCUT2D eigenvalue weighted by molar-refractivity contribution is 0.413. The van der Waals surface area contributed by atoms with E-state index < -0.39 is 0 Å². The minimum atomic E-state index is 0.233. The van der Waals surface area contributed by atoms with Crippen LogP contribution in [0.25, 0.3) is 0 Å². The van der Waals surface area contributed by atoms with Gasteiger partial charge in [-0.15, -0.1) is 12.6 Å². The van der Waals surface area contributed by atoms with E-state index in [9.17, 15) is 0 Å². The number of nitrogens with zero attached hydrogens (tertiary/aromatic N) is 1. The number of hydrogen-bond acceptors (Lipinski definition) is 2. The zero-order chi connectivity index (χ0) is 7.28. The van der Waals surface area contributed by atoms with Crippen molar-refractivity contribution in [3.05, 3.63) is 0 Å². The van der Waals surface area contributed by atoms with Crippen LogP contribution < -0.4 is 5.32 Å². The minimum Gasteiger partial charge on any atom is -0.364 e. The molecule has 0 amide bonds. The third kappa shape index (κ3) is 7.78. The third-order valence-corrected chi connectivity index (χ3v) is 1.01. The Morgan fingerprint density at radius 2 is 2.22 bits per heavy atom. The van der Waals surface area contributed by atoms with Crippen molar-refractivity contribution in [2.75, 3.05) is 27.2 Å². The predicted octanol–water partition coefficient (Wildman–Crippen LogP) is 0.00217. The average molecular weight is 147 g/mol. The second kappa shape index (κ2) is 4.64. The van der Waals surface area contributed by atoms with E-state index in [1.807, 2.05) is 19.0 Å². The van der Waals surface area contributed by atoms with E-state index in [1.54, 1.807) is 0 Å². The highest BCUT2D eigenvalue weighted by Crippen LogP contribution is 1.73. The van der Waals surface area contributed by atoms with Crippen molar-refractivity contribution >= 4 is 17.8 Å². The summed E-state index contributed by atoms with van der Waals surface area (Å²) in [6.45, 7) is 1.72. The monoisotopic (exact) mass is 147 g/mol. The van der Waals surface area contributed by atoms with Gasteiger partial charge < -0.3 is 10.2 Å². The first-order valence-corrected chi connectivity index (χ1v) is 3.24. The maximum absolute atomic E-state index is 6.87. The second-order valence-electron chi connectivity index (χ2n) is 2.08. The molecule has 0 bridgehead atoms. The van der Waals surface area contributed by atoms with Crippen molar-refractivity contribution in [1.82, 2.24) is 10.2 Å². The molecule has 0 aliphatic carbocycles. The molecule has 0 aliphatic heterocycles. The van der Waals surface area contributed by atoms with Crippen molar-refractivity contribution < 1.29 is 0 Å². The summed E-state index contributed by atoms with van der Waals surface area (Å²) in [6.07, 6.45) is 0. The van der Waals surface area contributed by atoms with Crippen LogP contribution in [-0.2, 0) is 0 Å². The molecule has 0 aromatic carbocycles. The van der Waals surface area contributed by atoms with Crippen molar-refractivity contribution in [3.63, 3.8) is 0 Å². The van der Waals surface area contributed by atoms with E-state index in [-0.39, 0.29) is 5.17 Å². The van der Waals surface area contributed by atoms with Gasteiger partial charge in [-0.2, -0.15) is 0 Å². The van der Waals surface area contributed by atoms with Crippen LogP contribution in [-0.4, -0.2) is 37.3 Å². The van der Waals surface area contributed by atoms with Gasteiger partial charge in [-0.25, -0.2) is 0 Å². The standard InChI is InChI=1S/C5H13N3S/c1-8(2)4-3-7-5(6)9/h3-4H2,1-2H3,(H3,6,7,9). The molecule has 0 fully saturated rings. The first-order valence-electron chi connectivity index (χ1n) is 2.79. The van der Waals surface area contributed by atoms with Gasteiger partial charge in [0.1, 0.15) is 0 Å². The quantitative estimate of drug-likeness (QED) is 0.299. The average Bonchev–Trinajstić information content (AvgIpc) is 1.63. The highest BCUT2D eigenvalue weighted by molar-refractivity contribution is 7.96. The van der Waals surface area contributed by atoms with Gasteiger partial charge in [0.25, 0.3) is 0 Å². The summed E-state index contributed by atoms with van der Waals surface area (Å²) in [5, 5.41) is 9.89. The van der Waals surface area contributed by atoms with Crippen LogP contribution in [0.3, 0.4) is 0 Å². The molecular weight excluding hydrogens is 134 g/mol. The molecule has 2 N–H and O–H groups in total. The largest absolute Gasteiger partial charge is 0.364 e. The molecule has 54 valence electrons. The summed E-state index contributed by atoms with van der Waals surface area (Å²) in [5.41, 5.74) is 0. The van der Waals surface area contributed by atoms with Gasteiger partial charge in [0.15, 0.2) is 5.17 Å². The van der Waals surface area contributed by atoms with Crippen LogP contribution >= 0.6 is 12.6 Å². The van der Waals surface area contributed by atoms with Gasteiger partial charge in [0, 0.05) is 13.1 Å². The molecular formula is C5H13N3S. The Kier molecular flexibility index (Phi) is 4.53. The first kappa shape index (κ1) is 8.78. The number of likely N-dealkylation sites (N-methyl/N-ethyl adjacent to an activating group) is 1. The Labute approximate surface area is 61.3 Å². The fourth-order valence-corrected chi connectivity index (χ4v) is 0.510. The molecule has 0 aromatic rings. The number of thiol groups is 1. The van der Waals surface area contributed by atoms with Crippen molar-refractivity contribution in [1.29, 1.82) is 5.41 Å². The Bertz CT molecular complexity index is 92.2. The Hall–Kier alpha value is -0.220. The lowest BCUT2D eigenvalue weighted by atomic mass is 10.6. The van der Waals surface area contributed by atoms with Gasteiger partial charge in [0.2, 0.25) is 0 Å². The molecule has 0 radical (unpaired) electrons. The maximum atomic E-state index is 6.87. The smallest absolute Gasteiger partial charge is 0.150 e. The van der Waals surface area contributed by atoms with Crippen LogP contribution in [0.4, 0.5) is 0 Å². The molecule has 0 aliphatic rings. The van der Waals surface area contributed by atoms with E-state index in [2.05, 4.69) is 17.9 Å². The van der Waals surface area contributed by atoms with E-state index in [4.69, 9.17) is 5.41 Å². The van der Waals surface area contributed by atoms with E-state index in [0.29, 0.717) is 0 Å². The van der Waals surface area contributed by atoms with Crippen LogP contribution in [0.1, 0.15) is 0 Å². The topological polar surface area (TPSA) is 39.1 Å². The zero-order valence-corrected chi connectivity index (χ0v) is 6.70. The number of rotatable bonds is 3.